The molecule has 3 rings (SSSR count). The van der Waals surface area contributed by atoms with Gasteiger partial charge in [-0.1, -0.05) is 96.1 Å². The number of carbonyl (C=O) groups excluding carboxylic acids is 7. The number of carbonyl (C=O) groups is 7. The molecule has 1 heterocycles. The van der Waals surface area contributed by atoms with Gasteiger partial charge in [-0.15, -0.1) is 0 Å². The van der Waals surface area contributed by atoms with Crippen molar-refractivity contribution in [3.63, 3.8) is 0 Å². The average Bonchev–Trinajstić information content (AvgIpc) is 3.35. The summed E-state index contributed by atoms with van der Waals surface area (Å²) in [6.45, 7) is -0.238. The summed E-state index contributed by atoms with van der Waals surface area (Å²) in [6.07, 6.45) is 13.0. The van der Waals surface area contributed by atoms with E-state index in [9.17, 15) is 64.2 Å². The SMILES string of the molecule is CCCCCCCCCCCCCCCC(=O)N(C)[C@H](CCO)C(=O)N[C@H](N)C(=O)NCC(=O)N(C)[C@@H]1C(=O)N[C@@H](C)C(=O)N[C@H](C(=O)NC(CO)(CO)CO)Cc2ccc(O)c(c2)-c2cc1ccc2O. The Balaban J connectivity index is 1.69. The molecule has 7 amide bonds. The highest BCUT2D eigenvalue weighted by atomic mass is 16.3. The maximum Gasteiger partial charge on any atom is 0.257 e. The van der Waals surface area contributed by atoms with Crippen molar-refractivity contribution in [2.75, 3.05) is 47.1 Å². The van der Waals surface area contributed by atoms with Gasteiger partial charge in [-0.3, -0.25) is 33.6 Å². The number of aromatic hydroxyl groups is 2. The maximum absolute atomic E-state index is 14.1. The molecule has 2 aromatic carbocycles. The molecule has 4 bridgehead atoms. The van der Waals surface area contributed by atoms with Crippen molar-refractivity contribution >= 4 is 41.4 Å². The summed E-state index contributed by atoms with van der Waals surface area (Å²) in [5, 5.41) is 73.3. The third kappa shape index (κ3) is 18.0. The van der Waals surface area contributed by atoms with E-state index in [0.29, 0.717) is 12.0 Å². The highest BCUT2D eigenvalue weighted by molar-refractivity contribution is 5.97. The standard InChI is InChI=1S/C50H78N8O13/c1-5-6-7-8-9-10-11-12-13-14-15-16-17-18-41(65)57(3)38(23-24-59)47(69)55-44(51)49(71)52-28-42(66)58(4)43-34-20-22-40(64)36(27-34)35-25-33(19-21-39(35)63)26-37(54-45(67)32(2)53-48(43)70)46(68)56-50(29-60,30-61)31-62/h19-22,25,27,32,37-38,43-44,59-64H,5-18,23-24,26,28-31,51H2,1-4H3,(H,52,71)(H,53,70)(H,54,67)(H,55,69)(H,56,68)/t32-,37-,38+,43-,44-/m0/s1. The van der Waals surface area contributed by atoms with Gasteiger partial charge < -0.3 is 72.8 Å². The van der Waals surface area contributed by atoms with E-state index in [1.165, 1.54) is 114 Å². The number of nitrogens with two attached hydrogens (primary N) is 1. The number of hydrogen-bond acceptors (Lipinski definition) is 14. The zero-order valence-electron chi connectivity index (χ0n) is 41.7. The molecular weight excluding hydrogens is 921 g/mol. The molecule has 0 saturated heterocycles. The van der Waals surface area contributed by atoms with Gasteiger partial charge in [0.15, 0.2) is 6.17 Å². The van der Waals surface area contributed by atoms with Gasteiger partial charge >= 0.3 is 0 Å². The van der Waals surface area contributed by atoms with Gasteiger partial charge in [0.05, 0.1) is 26.4 Å². The molecule has 2 aromatic rings. The third-order valence-corrected chi connectivity index (χ3v) is 12.9. The van der Waals surface area contributed by atoms with Crippen LogP contribution in [0.3, 0.4) is 0 Å². The number of nitrogens with zero attached hydrogens (tertiary/aromatic N) is 2. The molecule has 21 heteroatoms. The van der Waals surface area contributed by atoms with Gasteiger partial charge in [-0.2, -0.15) is 0 Å². The number of fused-ring (bicyclic) bond motifs is 5. The summed E-state index contributed by atoms with van der Waals surface area (Å²) in [5.74, 6) is -6.35. The second kappa shape index (κ2) is 30.1. The first-order valence-corrected chi connectivity index (χ1v) is 24.7. The van der Waals surface area contributed by atoms with Crippen LogP contribution in [0.25, 0.3) is 11.1 Å². The Hall–Kier alpha value is -5.87. The molecule has 1 aliphatic rings. The van der Waals surface area contributed by atoms with Crippen LogP contribution in [0.15, 0.2) is 36.4 Å². The summed E-state index contributed by atoms with van der Waals surface area (Å²) < 4.78 is 0. The molecule has 0 aliphatic carbocycles. The van der Waals surface area contributed by atoms with E-state index in [0.717, 1.165) is 30.6 Å². The first-order chi connectivity index (χ1) is 33.9. The van der Waals surface area contributed by atoms with E-state index in [2.05, 4.69) is 33.5 Å². The molecule has 0 unspecified atom stereocenters. The molecule has 0 spiro atoms. The van der Waals surface area contributed by atoms with Crippen molar-refractivity contribution in [2.24, 2.45) is 5.73 Å². The number of amides is 7. The summed E-state index contributed by atoms with van der Waals surface area (Å²) in [5.41, 5.74) is 4.68. The van der Waals surface area contributed by atoms with Crippen LogP contribution in [-0.4, -0.2) is 159 Å². The molecule has 396 valence electrons. The number of aliphatic hydroxyl groups excluding tert-OH is 4. The summed E-state index contributed by atoms with van der Waals surface area (Å²) in [4.78, 5) is 96.9. The van der Waals surface area contributed by atoms with Gasteiger partial charge in [0.1, 0.15) is 41.2 Å². The summed E-state index contributed by atoms with van der Waals surface area (Å²) >= 11 is 0. The van der Waals surface area contributed by atoms with Crippen LogP contribution in [0.5, 0.6) is 11.5 Å². The number of aliphatic hydroxyl groups is 4. The molecule has 0 aromatic heterocycles. The molecule has 13 N–H and O–H groups in total. The Bertz CT molecular complexity index is 2080. The molecule has 21 nitrogen and oxygen atoms in total. The van der Waals surface area contributed by atoms with E-state index >= 15 is 0 Å². The molecule has 5 atom stereocenters. The number of likely N-dealkylation sites (N-methyl/N-ethyl adjacent to an activating group) is 2. The number of nitrogens with one attached hydrogen (secondary N) is 5. The Morgan fingerprint density at radius 3 is 1.86 bits per heavy atom. The van der Waals surface area contributed by atoms with Gasteiger partial charge in [-0.05, 0) is 55.2 Å². The lowest BCUT2D eigenvalue weighted by atomic mass is 9.93. The van der Waals surface area contributed by atoms with E-state index in [1.807, 2.05) is 0 Å². The molecular formula is C50H78N8O13. The predicted octanol–water partition coefficient (Wildman–Crippen LogP) is 0.850. The molecule has 0 radical (unpaired) electrons. The number of unbranched alkanes of at least 4 members (excludes halogenated alkanes) is 12. The Morgan fingerprint density at radius 1 is 0.746 bits per heavy atom. The third-order valence-electron chi connectivity index (χ3n) is 12.9. The monoisotopic (exact) mass is 999 g/mol. The lowest BCUT2D eigenvalue weighted by Crippen LogP contribution is -2.62. The lowest BCUT2D eigenvalue weighted by molar-refractivity contribution is -0.141. The largest absolute Gasteiger partial charge is 0.507 e. The normalized spacial score (nSPS) is 16.9. The minimum Gasteiger partial charge on any atom is -0.507 e. The Morgan fingerprint density at radius 2 is 1.30 bits per heavy atom. The van der Waals surface area contributed by atoms with Crippen LogP contribution in [0.4, 0.5) is 0 Å². The number of benzene rings is 2. The van der Waals surface area contributed by atoms with Crippen LogP contribution >= 0.6 is 0 Å². The van der Waals surface area contributed by atoms with E-state index < -0.39 is 104 Å². The van der Waals surface area contributed by atoms with Crippen LogP contribution in [0.1, 0.15) is 127 Å². The highest BCUT2D eigenvalue weighted by Gasteiger charge is 2.37. The van der Waals surface area contributed by atoms with Crippen molar-refractivity contribution in [2.45, 2.75) is 152 Å². The zero-order valence-corrected chi connectivity index (χ0v) is 41.7. The number of rotatable bonds is 28. The number of phenolic OH excluding ortho intramolecular Hbond substituents is 2. The fraction of sp³-hybridized carbons (Fsp3) is 0.620. The van der Waals surface area contributed by atoms with Gasteiger partial charge in [0.2, 0.25) is 35.4 Å². The minimum atomic E-state index is -1.86. The lowest BCUT2D eigenvalue weighted by Gasteiger charge is -2.32. The topological polar surface area (TPSA) is 334 Å². The first-order valence-electron chi connectivity index (χ1n) is 24.7. The Kier molecular flexibility index (Phi) is 25.2. The average molecular weight is 999 g/mol. The van der Waals surface area contributed by atoms with Gasteiger partial charge in [0, 0.05) is 44.7 Å². The van der Waals surface area contributed by atoms with Gasteiger partial charge in [-0.25, -0.2) is 0 Å². The second-order valence-electron chi connectivity index (χ2n) is 18.5. The number of phenols is 2. The quantitative estimate of drug-likeness (QED) is 0.0416. The minimum absolute atomic E-state index is 0.0111. The predicted molar refractivity (Wildman–Crippen MR) is 264 cm³/mol. The van der Waals surface area contributed by atoms with Crippen molar-refractivity contribution < 1.29 is 64.2 Å². The highest BCUT2D eigenvalue weighted by Crippen LogP contribution is 2.38. The van der Waals surface area contributed by atoms with E-state index in [-0.39, 0.29) is 53.4 Å². The Labute approximate surface area is 416 Å². The van der Waals surface area contributed by atoms with Crippen molar-refractivity contribution in [1.82, 2.24) is 36.4 Å². The van der Waals surface area contributed by atoms with Gasteiger partial charge in [0.25, 0.3) is 5.91 Å². The molecule has 0 fully saturated rings. The summed E-state index contributed by atoms with van der Waals surface area (Å²) in [6, 6.07) is 2.58. The second-order valence-corrected chi connectivity index (χ2v) is 18.5. The molecule has 1 aliphatic heterocycles. The molecule has 71 heavy (non-hydrogen) atoms. The van der Waals surface area contributed by atoms with Crippen molar-refractivity contribution in [3.05, 3.63) is 47.5 Å². The summed E-state index contributed by atoms with van der Waals surface area (Å²) in [7, 11) is 2.67. The fourth-order valence-corrected chi connectivity index (χ4v) is 8.26. The zero-order chi connectivity index (χ0) is 52.7. The fourth-order valence-electron chi connectivity index (χ4n) is 8.26. The van der Waals surface area contributed by atoms with Crippen molar-refractivity contribution in [3.8, 4) is 22.6 Å². The van der Waals surface area contributed by atoms with Crippen LogP contribution in [-0.2, 0) is 40.0 Å². The number of hydrogen-bond donors (Lipinski definition) is 12. The maximum atomic E-state index is 14.1. The molecule has 0 saturated carbocycles. The van der Waals surface area contributed by atoms with E-state index in [1.54, 1.807) is 0 Å². The van der Waals surface area contributed by atoms with Crippen LogP contribution < -0.4 is 32.3 Å². The van der Waals surface area contributed by atoms with Crippen LogP contribution in [0, 0.1) is 0 Å². The van der Waals surface area contributed by atoms with E-state index in [4.69, 9.17) is 5.73 Å². The smallest absolute Gasteiger partial charge is 0.257 e. The van der Waals surface area contributed by atoms with Crippen LogP contribution in [0.2, 0.25) is 0 Å². The van der Waals surface area contributed by atoms with Crippen molar-refractivity contribution in [1.29, 1.82) is 0 Å². The first kappa shape index (κ1) is 59.4.